The molecule has 10 nitrogen and oxygen atoms in total. The minimum atomic E-state index is -0.261. The van der Waals surface area contributed by atoms with Crippen molar-refractivity contribution in [2.75, 3.05) is 20.8 Å². The Bertz CT molecular complexity index is 1320. The van der Waals surface area contributed by atoms with Gasteiger partial charge < -0.3 is 19.4 Å². The number of halogens is 1. The Kier molecular flexibility index (Phi) is 5.89. The number of benzene rings is 2. The molecule has 0 spiro atoms. The van der Waals surface area contributed by atoms with E-state index < -0.39 is 0 Å². The standard InChI is InChI=1S/C23H22ClN7O3/c1-33-19-8-4-3-6-14(19)21-27-22(29-28-21)17-7-5-11-30(17)23(32)15-12-20(34-2)16(24)13-18(15)31-25-9-10-26-31/h3-4,6,8-10,12-13,17H,5,7,11H2,1-2H3,(H,27,28,29). The van der Waals surface area contributed by atoms with Crippen molar-refractivity contribution in [1.82, 2.24) is 35.1 Å². The molecule has 1 N–H and O–H groups in total. The van der Waals surface area contributed by atoms with Crippen LogP contribution in [-0.4, -0.2) is 61.7 Å². The summed E-state index contributed by atoms with van der Waals surface area (Å²) in [5, 5.41) is 17.4. The summed E-state index contributed by atoms with van der Waals surface area (Å²) in [6.45, 7) is 0.575. The van der Waals surface area contributed by atoms with Gasteiger partial charge in [-0.3, -0.25) is 4.79 Å². The SMILES string of the molecule is COc1cc(C(=O)N2CCCC2c2nnc(-c3ccccc3OC)[nH]2)c(-n2nccn2)cc1Cl. The number of carbonyl (C=O) groups excluding carboxylic acids is 1. The van der Waals surface area contributed by atoms with E-state index in [1.54, 1.807) is 36.5 Å². The van der Waals surface area contributed by atoms with E-state index in [-0.39, 0.29) is 11.9 Å². The summed E-state index contributed by atoms with van der Waals surface area (Å²) < 4.78 is 10.8. The zero-order chi connectivity index (χ0) is 23.7. The highest BCUT2D eigenvalue weighted by Gasteiger charge is 2.35. The zero-order valence-corrected chi connectivity index (χ0v) is 19.4. The molecule has 11 heteroatoms. The number of ether oxygens (including phenoxy) is 2. The van der Waals surface area contributed by atoms with E-state index in [9.17, 15) is 4.79 Å². The second-order valence-corrected chi connectivity index (χ2v) is 8.15. The first-order valence-corrected chi connectivity index (χ1v) is 11.1. The van der Waals surface area contributed by atoms with E-state index in [1.807, 2.05) is 24.3 Å². The van der Waals surface area contributed by atoms with E-state index in [0.29, 0.717) is 46.0 Å². The Labute approximate surface area is 200 Å². The Balaban J connectivity index is 1.50. The number of nitrogens with zero attached hydrogens (tertiary/aromatic N) is 6. The van der Waals surface area contributed by atoms with Gasteiger partial charge in [0.2, 0.25) is 0 Å². The van der Waals surface area contributed by atoms with Crippen LogP contribution in [0.2, 0.25) is 5.02 Å². The number of aromatic amines is 1. The quantitative estimate of drug-likeness (QED) is 0.448. The number of methoxy groups -OCH3 is 2. The van der Waals surface area contributed by atoms with Crippen molar-refractivity contribution in [2.24, 2.45) is 0 Å². The van der Waals surface area contributed by atoms with Crippen molar-refractivity contribution in [3.8, 4) is 28.6 Å². The number of hydrogen-bond acceptors (Lipinski definition) is 7. The van der Waals surface area contributed by atoms with Crippen molar-refractivity contribution < 1.29 is 14.3 Å². The molecule has 1 atom stereocenters. The third kappa shape index (κ3) is 3.86. The summed E-state index contributed by atoms with van der Waals surface area (Å²) in [5.74, 6) is 2.09. The first-order valence-electron chi connectivity index (χ1n) is 10.7. The first-order chi connectivity index (χ1) is 16.6. The van der Waals surface area contributed by atoms with E-state index in [1.165, 1.54) is 11.9 Å². The van der Waals surface area contributed by atoms with Crippen LogP contribution in [0.1, 0.15) is 35.1 Å². The minimum Gasteiger partial charge on any atom is -0.496 e. The van der Waals surface area contributed by atoms with Gasteiger partial charge in [-0.15, -0.1) is 10.2 Å². The predicted octanol–water partition coefficient (Wildman–Crippen LogP) is 3.70. The van der Waals surface area contributed by atoms with Crippen molar-refractivity contribution in [3.63, 3.8) is 0 Å². The van der Waals surface area contributed by atoms with E-state index in [2.05, 4.69) is 25.4 Å². The summed E-state index contributed by atoms with van der Waals surface area (Å²) >= 11 is 6.34. The molecule has 1 fully saturated rings. The Morgan fingerprint density at radius 1 is 1.09 bits per heavy atom. The van der Waals surface area contributed by atoms with Crippen molar-refractivity contribution in [3.05, 3.63) is 65.2 Å². The number of rotatable bonds is 6. The Morgan fingerprint density at radius 3 is 2.62 bits per heavy atom. The highest BCUT2D eigenvalue weighted by Crippen LogP contribution is 2.36. The molecule has 1 saturated heterocycles. The topological polar surface area (TPSA) is 111 Å². The first kappa shape index (κ1) is 21.9. The fraction of sp³-hybridized carbons (Fsp3) is 0.261. The van der Waals surface area contributed by atoms with Crippen LogP contribution >= 0.6 is 11.6 Å². The molecule has 1 aliphatic heterocycles. The summed E-state index contributed by atoms with van der Waals surface area (Å²) in [6.07, 6.45) is 4.67. The lowest BCUT2D eigenvalue weighted by Crippen LogP contribution is -2.32. The van der Waals surface area contributed by atoms with Gasteiger partial charge in [0.25, 0.3) is 5.91 Å². The Morgan fingerprint density at radius 2 is 1.85 bits per heavy atom. The van der Waals surface area contributed by atoms with Gasteiger partial charge in [0.15, 0.2) is 11.6 Å². The largest absolute Gasteiger partial charge is 0.496 e. The van der Waals surface area contributed by atoms with Crippen LogP contribution in [0.4, 0.5) is 0 Å². The molecule has 0 bridgehead atoms. The molecule has 4 aromatic rings. The van der Waals surface area contributed by atoms with Gasteiger partial charge in [0, 0.05) is 6.54 Å². The van der Waals surface area contributed by atoms with Crippen LogP contribution < -0.4 is 9.47 Å². The number of hydrogen-bond donors (Lipinski definition) is 1. The summed E-state index contributed by atoms with van der Waals surface area (Å²) in [6, 6.07) is 10.6. The lowest BCUT2D eigenvalue weighted by Gasteiger charge is -2.24. The molecule has 0 aliphatic carbocycles. The molecule has 174 valence electrons. The van der Waals surface area contributed by atoms with Crippen LogP contribution in [0.3, 0.4) is 0 Å². The average Bonchev–Trinajstić information content (AvgIpc) is 3.64. The van der Waals surface area contributed by atoms with Gasteiger partial charge in [-0.25, -0.2) is 0 Å². The monoisotopic (exact) mass is 479 g/mol. The Hall–Kier alpha value is -3.92. The second kappa shape index (κ2) is 9.14. The van der Waals surface area contributed by atoms with Crippen molar-refractivity contribution in [2.45, 2.75) is 18.9 Å². The van der Waals surface area contributed by atoms with Crippen molar-refractivity contribution in [1.29, 1.82) is 0 Å². The maximum Gasteiger partial charge on any atom is 0.256 e. The summed E-state index contributed by atoms with van der Waals surface area (Å²) in [4.78, 5) is 20.2. The van der Waals surface area contributed by atoms with E-state index in [4.69, 9.17) is 21.1 Å². The molecule has 2 aromatic carbocycles. The molecule has 0 radical (unpaired) electrons. The maximum atomic E-state index is 13.8. The van der Waals surface area contributed by atoms with Gasteiger partial charge in [0.1, 0.15) is 17.2 Å². The predicted molar refractivity (Wildman–Crippen MR) is 124 cm³/mol. The molecule has 1 amide bonds. The molecule has 34 heavy (non-hydrogen) atoms. The third-order valence-electron chi connectivity index (χ3n) is 5.83. The summed E-state index contributed by atoms with van der Waals surface area (Å²) in [5.41, 5.74) is 1.65. The average molecular weight is 480 g/mol. The van der Waals surface area contributed by atoms with Gasteiger partial charge in [-0.2, -0.15) is 15.0 Å². The number of aromatic nitrogens is 6. The number of H-pyrrole nitrogens is 1. The summed E-state index contributed by atoms with van der Waals surface area (Å²) in [7, 11) is 3.12. The molecular weight excluding hydrogens is 458 g/mol. The molecule has 5 rings (SSSR count). The van der Waals surface area contributed by atoms with Crippen molar-refractivity contribution >= 4 is 17.5 Å². The molecule has 1 unspecified atom stereocenters. The van der Waals surface area contributed by atoms with Crippen LogP contribution in [-0.2, 0) is 0 Å². The van der Waals surface area contributed by atoms with E-state index in [0.717, 1.165) is 18.4 Å². The fourth-order valence-corrected chi connectivity index (χ4v) is 4.45. The highest BCUT2D eigenvalue weighted by molar-refractivity contribution is 6.32. The lowest BCUT2D eigenvalue weighted by atomic mass is 10.1. The number of nitrogens with one attached hydrogen (secondary N) is 1. The van der Waals surface area contributed by atoms with Crippen LogP contribution in [0.5, 0.6) is 11.5 Å². The fourth-order valence-electron chi connectivity index (χ4n) is 4.21. The number of likely N-dealkylation sites (tertiary alicyclic amines) is 1. The van der Waals surface area contributed by atoms with Crippen LogP contribution in [0.25, 0.3) is 17.1 Å². The molecule has 2 aromatic heterocycles. The number of amides is 1. The zero-order valence-electron chi connectivity index (χ0n) is 18.6. The van der Waals surface area contributed by atoms with Gasteiger partial charge in [-0.1, -0.05) is 23.7 Å². The molecule has 0 saturated carbocycles. The molecule has 1 aliphatic rings. The normalized spacial score (nSPS) is 15.5. The number of carbonyl (C=O) groups is 1. The van der Waals surface area contributed by atoms with Gasteiger partial charge in [-0.05, 0) is 37.1 Å². The van der Waals surface area contributed by atoms with Gasteiger partial charge in [0.05, 0.1) is 48.8 Å². The highest BCUT2D eigenvalue weighted by atomic mass is 35.5. The third-order valence-corrected chi connectivity index (χ3v) is 6.13. The van der Waals surface area contributed by atoms with Crippen LogP contribution in [0.15, 0.2) is 48.8 Å². The van der Waals surface area contributed by atoms with E-state index >= 15 is 0 Å². The van der Waals surface area contributed by atoms with Crippen LogP contribution in [0, 0.1) is 0 Å². The minimum absolute atomic E-state index is 0.194. The lowest BCUT2D eigenvalue weighted by molar-refractivity contribution is 0.0729. The maximum absolute atomic E-state index is 13.8. The molecule has 3 heterocycles. The second-order valence-electron chi connectivity index (χ2n) is 7.74. The smallest absolute Gasteiger partial charge is 0.256 e. The molecular formula is C23H22ClN7O3. The number of para-hydroxylation sites is 1. The van der Waals surface area contributed by atoms with Gasteiger partial charge >= 0.3 is 0 Å².